The Hall–Kier alpha value is -2.00. The van der Waals surface area contributed by atoms with E-state index in [0.29, 0.717) is 29.6 Å². The van der Waals surface area contributed by atoms with E-state index in [1.807, 2.05) is 37.3 Å². The van der Waals surface area contributed by atoms with Gasteiger partial charge in [-0.05, 0) is 83.1 Å². The van der Waals surface area contributed by atoms with Crippen LogP contribution in [0.5, 0.6) is 11.5 Å². The highest BCUT2D eigenvalue weighted by Crippen LogP contribution is 2.36. The molecular weight excluding hydrogens is 475 g/mol. The van der Waals surface area contributed by atoms with Crippen molar-refractivity contribution in [3.05, 3.63) is 61.6 Å². The maximum Gasteiger partial charge on any atom is 0.264 e. The highest BCUT2D eigenvalue weighted by Gasteiger charge is 2.22. The third-order valence-electron chi connectivity index (χ3n) is 3.93. The van der Waals surface area contributed by atoms with Gasteiger partial charge in [0.1, 0.15) is 6.61 Å². The normalized spacial score (nSPS) is 15.1. The number of ether oxygens (including phenoxy) is 2. The summed E-state index contributed by atoms with van der Waals surface area (Å²) in [6, 6.07) is 11.9. The second-order valence-electron chi connectivity index (χ2n) is 5.87. The van der Waals surface area contributed by atoms with Crippen LogP contribution in [-0.2, 0) is 11.4 Å². The molecule has 0 atom stereocenters. The van der Waals surface area contributed by atoms with Gasteiger partial charge in [0.15, 0.2) is 16.7 Å². The van der Waals surface area contributed by atoms with Gasteiger partial charge in [0.05, 0.1) is 15.1 Å². The standard InChI is InChI=1S/C20H19IN2O3S/c1-3-25-16-9-13(10-17-19(24)23-20(22)27-17)8-15(21)18(16)26-11-14-7-5-4-6-12(14)2/h4-10H,3,11H2,1-2H3,(H2,22,23,24)/b17-10-. The fourth-order valence-corrected chi connectivity index (χ4v) is 4.07. The minimum atomic E-state index is -0.252. The Bertz CT molecular complexity index is 927. The van der Waals surface area contributed by atoms with E-state index in [1.165, 1.54) is 5.56 Å². The first kappa shape index (κ1) is 19.8. The van der Waals surface area contributed by atoms with Crippen LogP contribution in [0.2, 0.25) is 0 Å². The summed E-state index contributed by atoms with van der Waals surface area (Å²) in [7, 11) is 0. The smallest absolute Gasteiger partial charge is 0.264 e. The number of aryl methyl sites for hydroxylation is 1. The molecule has 2 aromatic carbocycles. The number of carbonyl (C=O) groups is 1. The molecule has 0 spiro atoms. The average molecular weight is 494 g/mol. The molecule has 0 bridgehead atoms. The van der Waals surface area contributed by atoms with Crippen LogP contribution in [0, 0.1) is 15.9 Å². The van der Waals surface area contributed by atoms with E-state index in [-0.39, 0.29) is 11.1 Å². The lowest BCUT2D eigenvalue weighted by atomic mass is 10.1. The lowest BCUT2D eigenvalue weighted by molar-refractivity contribution is -0.115. The summed E-state index contributed by atoms with van der Waals surface area (Å²) in [5, 5.41) is 10.2. The van der Waals surface area contributed by atoms with Gasteiger partial charge in [0.25, 0.3) is 5.91 Å². The van der Waals surface area contributed by atoms with Gasteiger partial charge in [-0.3, -0.25) is 10.2 Å². The van der Waals surface area contributed by atoms with Crippen molar-refractivity contribution in [1.29, 1.82) is 5.41 Å². The molecule has 140 valence electrons. The Balaban J connectivity index is 1.88. The number of halogens is 1. The molecule has 2 aromatic rings. The van der Waals surface area contributed by atoms with E-state index in [1.54, 1.807) is 6.08 Å². The Kier molecular flexibility index (Phi) is 6.43. The fraction of sp³-hybridized carbons (Fsp3) is 0.200. The first-order chi connectivity index (χ1) is 13.0. The van der Waals surface area contributed by atoms with Gasteiger partial charge in [-0.15, -0.1) is 0 Å². The number of hydrogen-bond acceptors (Lipinski definition) is 5. The molecule has 1 saturated heterocycles. The second-order valence-corrected chi connectivity index (χ2v) is 8.09. The topological polar surface area (TPSA) is 71.4 Å². The molecule has 1 heterocycles. The van der Waals surface area contributed by atoms with Crippen molar-refractivity contribution in [1.82, 2.24) is 5.32 Å². The van der Waals surface area contributed by atoms with E-state index < -0.39 is 0 Å². The van der Waals surface area contributed by atoms with Crippen LogP contribution in [0.4, 0.5) is 0 Å². The number of thioether (sulfide) groups is 1. The third-order valence-corrected chi connectivity index (χ3v) is 5.56. The maximum atomic E-state index is 11.8. The van der Waals surface area contributed by atoms with Gasteiger partial charge in [-0.1, -0.05) is 24.3 Å². The summed E-state index contributed by atoms with van der Waals surface area (Å²) < 4.78 is 12.8. The molecule has 3 rings (SSSR count). The van der Waals surface area contributed by atoms with Gasteiger partial charge >= 0.3 is 0 Å². The SMILES string of the molecule is CCOc1cc(/C=C2\SC(=N)NC2=O)cc(I)c1OCc1ccccc1C. The maximum absolute atomic E-state index is 11.8. The predicted octanol–water partition coefficient (Wildman–Crippen LogP) is 4.72. The highest BCUT2D eigenvalue weighted by molar-refractivity contribution is 14.1. The lowest BCUT2D eigenvalue weighted by Gasteiger charge is -2.15. The van der Waals surface area contributed by atoms with Crippen LogP contribution in [0.1, 0.15) is 23.6 Å². The molecule has 1 aliphatic rings. The number of amides is 1. The minimum Gasteiger partial charge on any atom is -0.490 e. The van der Waals surface area contributed by atoms with Crippen molar-refractivity contribution >= 4 is 51.5 Å². The molecule has 0 aromatic heterocycles. The zero-order chi connectivity index (χ0) is 19.4. The second kappa shape index (κ2) is 8.79. The van der Waals surface area contributed by atoms with Crippen molar-refractivity contribution in [3.8, 4) is 11.5 Å². The monoisotopic (exact) mass is 494 g/mol. The van der Waals surface area contributed by atoms with E-state index in [0.717, 1.165) is 26.5 Å². The lowest BCUT2D eigenvalue weighted by Crippen LogP contribution is -2.18. The number of amidine groups is 1. The van der Waals surface area contributed by atoms with Crippen LogP contribution < -0.4 is 14.8 Å². The van der Waals surface area contributed by atoms with E-state index in [2.05, 4.69) is 40.9 Å². The van der Waals surface area contributed by atoms with Crippen LogP contribution in [0.15, 0.2) is 41.3 Å². The zero-order valence-electron chi connectivity index (χ0n) is 15.0. The van der Waals surface area contributed by atoms with Gasteiger partial charge in [0.2, 0.25) is 0 Å². The number of rotatable bonds is 6. The van der Waals surface area contributed by atoms with Crippen molar-refractivity contribution in [2.75, 3.05) is 6.61 Å². The molecule has 0 aliphatic carbocycles. The Morgan fingerprint density at radius 3 is 2.70 bits per heavy atom. The fourth-order valence-electron chi connectivity index (χ4n) is 2.59. The van der Waals surface area contributed by atoms with Crippen LogP contribution in [-0.4, -0.2) is 17.7 Å². The molecule has 5 nitrogen and oxygen atoms in total. The minimum absolute atomic E-state index is 0.143. The summed E-state index contributed by atoms with van der Waals surface area (Å²) in [4.78, 5) is 12.3. The average Bonchev–Trinajstić information content (AvgIpc) is 2.93. The molecule has 0 unspecified atom stereocenters. The molecule has 0 radical (unpaired) electrons. The van der Waals surface area contributed by atoms with Crippen LogP contribution in [0.3, 0.4) is 0 Å². The number of hydrogen-bond donors (Lipinski definition) is 2. The summed E-state index contributed by atoms with van der Waals surface area (Å²) in [5.41, 5.74) is 3.14. The third kappa shape index (κ3) is 4.84. The molecule has 0 saturated carbocycles. The van der Waals surface area contributed by atoms with Gasteiger partial charge in [0, 0.05) is 0 Å². The Morgan fingerprint density at radius 1 is 1.26 bits per heavy atom. The van der Waals surface area contributed by atoms with Crippen molar-refractivity contribution < 1.29 is 14.3 Å². The molecule has 2 N–H and O–H groups in total. The Labute approximate surface area is 176 Å². The van der Waals surface area contributed by atoms with E-state index >= 15 is 0 Å². The Morgan fingerprint density at radius 2 is 2.04 bits per heavy atom. The van der Waals surface area contributed by atoms with Gasteiger partial charge in [-0.25, -0.2) is 0 Å². The summed E-state index contributed by atoms with van der Waals surface area (Å²) >= 11 is 3.33. The molecular formula is C20H19IN2O3S. The first-order valence-electron chi connectivity index (χ1n) is 8.41. The highest BCUT2D eigenvalue weighted by atomic mass is 127. The molecule has 1 aliphatic heterocycles. The number of carbonyl (C=O) groups excluding carboxylic acids is 1. The zero-order valence-corrected chi connectivity index (χ0v) is 17.9. The summed E-state index contributed by atoms with van der Waals surface area (Å²) in [5.74, 6) is 1.08. The summed E-state index contributed by atoms with van der Waals surface area (Å²) in [6.45, 7) is 4.95. The van der Waals surface area contributed by atoms with Crippen molar-refractivity contribution in [2.24, 2.45) is 0 Å². The predicted molar refractivity (Wildman–Crippen MR) is 117 cm³/mol. The number of benzene rings is 2. The molecule has 1 fully saturated rings. The largest absolute Gasteiger partial charge is 0.490 e. The van der Waals surface area contributed by atoms with Crippen molar-refractivity contribution in [2.45, 2.75) is 20.5 Å². The quantitative estimate of drug-likeness (QED) is 0.451. The van der Waals surface area contributed by atoms with Crippen LogP contribution >= 0.6 is 34.4 Å². The van der Waals surface area contributed by atoms with Gasteiger partial charge < -0.3 is 14.8 Å². The summed E-state index contributed by atoms with van der Waals surface area (Å²) in [6.07, 6.45) is 1.76. The first-order valence-corrected chi connectivity index (χ1v) is 10.3. The molecule has 27 heavy (non-hydrogen) atoms. The van der Waals surface area contributed by atoms with E-state index in [9.17, 15) is 4.79 Å². The van der Waals surface area contributed by atoms with Crippen LogP contribution in [0.25, 0.3) is 6.08 Å². The molecule has 1 amide bonds. The number of nitrogens with one attached hydrogen (secondary N) is 2. The van der Waals surface area contributed by atoms with Crippen molar-refractivity contribution in [3.63, 3.8) is 0 Å². The van der Waals surface area contributed by atoms with Gasteiger partial charge in [-0.2, -0.15) is 0 Å². The van der Waals surface area contributed by atoms with E-state index in [4.69, 9.17) is 14.9 Å². The molecule has 7 heteroatoms.